The Kier molecular flexibility index (Phi) is 10.6. The number of alkyl halides is 2. The number of ether oxygens (including phenoxy) is 2. The summed E-state index contributed by atoms with van der Waals surface area (Å²) in [6.07, 6.45) is 1.17. The van der Waals surface area contributed by atoms with E-state index in [1.165, 1.54) is 6.42 Å². The second-order valence-corrected chi connectivity index (χ2v) is 7.18. The van der Waals surface area contributed by atoms with Gasteiger partial charge in [0, 0.05) is 38.3 Å². The molecule has 30 heavy (non-hydrogen) atoms. The van der Waals surface area contributed by atoms with Crippen molar-refractivity contribution < 1.29 is 18.3 Å². The second kappa shape index (κ2) is 13.2. The highest BCUT2D eigenvalue weighted by molar-refractivity contribution is 5.79. The summed E-state index contributed by atoms with van der Waals surface area (Å²) in [5, 5.41) is 6.54. The summed E-state index contributed by atoms with van der Waals surface area (Å²) in [5.74, 6) is 0.992. The number of guanidine groups is 1. The summed E-state index contributed by atoms with van der Waals surface area (Å²) in [6, 6.07) is 5.10. The molecule has 9 heteroatoms. The zero-order chi connectivity index (χ0) is 21.8. The Bertz CT molecular complexity index is 660. The van der Waals surface area contributed by atoms with Crippen LogP contribution in [0, 0.1) is 0 Å². The first-order valence-corrected chi connectivity index (χ1v) is 10.7. The third-order valence-corrected chi connectivity index (χ3v) is 4.85. The average Bonchev–Trinajstić information content (AvgIpc) is 2.92. The van der Waals surface area contributed by atoms with Crippen LogP contribution >= 0.6 is 0 Å². The van der Waals surface area contributed by atoms with Crippen molar-refractivity contribution >= 4 is 5.96 Å². The Labute approximate surface area is 178 Å². The van der Waals surface area contributed by atoms with Crippen LogP contribution in [0.15, 0.2) is 23.2 Å². The number of aliphatic imine (C=N–C) groups is 1. The highest BCUT2D eigenvalue weighted by Crippen LogP contribution is 2.33. The number of hydrogen-bond acceptors (Lipinski definition) is 5. The molecule has 0 unspecified atom stereocenters. The van der Waals surface area contributed by atoms with Gasteiger partial charge in [-0.15, -0.1) is 0 Å². The lowest BCUT2D eigenvalue weighted by molar-refractivity contribution is -0.0520. The number of para-hydroxylation sites is 1. The number of nitrogens with one attached hydrogen (secondary N) is 2. The van der Waals surface area contributed by atoms with E-state index < -0.39 is 6.61 Å². The Morgan fingerprint density at radius 3 is 2.73 bits per heavy atom. The van der Waals surface area contributed by atoms with Crippen molar-refractivity contribution in [2.75, 3.05) is 59.5 Å². The molecular formula is C21H35F2N5O2. The van der Waals surface area contributed by atoms with Gasteiger partial charge in [-0.2, -0.15) is 8.78 Å². The van der Waals surface area contributed by atoms with Gasteiger partial charge in [-0.25, -0.2) is 4.99 Å². The Hall–Kier alpha value is -2.13. The molecule has 2 N–H and O–H groups in total. The molecule has 0 atom stereocenters. The minimum Gasteiger partial charge on any atom is -0.490 e. The molecule has 0 spiro atoms. The molecule has 2 rings (SSSR count). The summed E-state index contributed by atoms with van der Waals surface area (Å²) >= 11 is 0. The van der Waals surface area contributed by atoms with Crippen LogP contribution < -0.4 is 20.1 Å². The van der Waals surface area contributed by atoms with Crippen molar-refractivity contribution in [3.05, 3.63) is 23.8 Å². The van der Waals surface area contributed by atoms with E-state index in [9.17, 15) is 8.78 Å². The van der Waals surface area contributed by atoms with Crippen LogP contribution in [0.3, 0.4) is 0 Å². The minimum atomic E-state index is -2.92. The van der Waals surface area contributed by atoms with Crippen molar-refractivity contribution in [2.24, 2.45) is 4.99 Å². The van der Waals surface area contributed by atoms with E-state index in [0.717, 1.165) is 39.3 Å². The van der Waals surface area contributed by atoms with Crippen molar-refractivity contribution in [3.63, 3.8) is 0 Å². The topological polar surface area (TPSA) is 61.4 Å². The Balaban J connectivity index is 1.98. The number of halogens is 2. The van der Waals surface area contributed by atoms with Crippen LogP contribution in [-0.2, 0) is 6.54 Å². The van der Waals surface area contributed by atoms with Crippen molar-refractivity contribution in [1.82, 2.24) is 20.4 Å². The van der Waals surface area contributed by atoms with Crippen LogP contribution in [0.1, 0.15) is 25.8 Å². The van der Waals surface area contributed by atoms with Crippen molar-refractivity contribution in [3.8, 4) is 11.5 Å². The molecule has 7 nitrogen and oxygen atoms in total. The Morgan fingerprint density at radius 2 is 2.00 bits per heavy atom. The first-order chi connectivity index (χ1) is 14.5. The minimum absolute atomic E-state index is 0.0441. The van der Waals surface area contributed by atoms with Gasteiger partial charge in [-0.3, -0.25) is 0 Å². The second-order valence-electron chi connectivity index (χ2n) is 7.18. The molecule has 1 aromatic rings. The van der Waals surface area contributed by atoms with E-state index in [2.05, 4.69) is 32.5 Å². The molecule has 0 saturated carbocycles. The number of rotatable bonds is 10. The SMILES string of the molecule is CCNC(=NCc1cccc(OCC)c1OC(F)F)NCCN1CCCN(C)CC1. The molecule has 1 fully saturated rings. The molecule has 1 heterocycles. The lowest BCUT2D eigenvalue weighted by Gasteiger charge is -2.21. The number of hydrogen-bond donors (Lipinski definition) is 2. The van der Waals surface area contributed by atoms with Gasteiger partial charge in [0.2, 0.25) is 0 Å². The number of likely N-dealkylation sites (N-methyl/N-ethyl adjacent to an activating group) is 1. The van der Waals surface area contributed by atoms with Crippen LogP contribution in [0.4, 0.5) is 8.78 Å². The zero-order valence-corrected chi connectivity index (χ0v) is 18.3. The van der Waals surface area contributed by atoms with E-state index in [1.54, 1.807) is 25.1 Å². The first kappa shape index (κ1) is 24.1. The molecule has 1 aliphatic heterocycles. The van der Waals surface area contributed by atoms with Gasteiger partial charge < -0.3 is 29.9 Å². The monoisotopic (exact) mass is 427 g/mol. The van der Waals surface area contributed by atoms with E-state index in [-0.39, 0.29) is 12.3 Å². The van der Waals surface area contributed by atoms with Crippen LogP contribution in [0.25, 0.3) is 0 Å². The highest BCUT2D eigenvalue weighted by atomic mass is 19.3. The molecule has 0 bridgehead atoms. The maximum absolute atomic E-state index is 12.9. The average molecular weight is 428 g/mol. The van der Waals surface area contributed by atoms with Crippen LogP contribution in [0.5, 0.6) is 11.5 Å². The van der Waals surface area contributed by atoms with E-state index in [4.69, 9.17) is 9.47 Å². The quantitative estimate of drug-likeness (QED) is 0.442. The van der Waals surface area contributed by atoms with E-state index in [0.29, 0.717) is 30.4 Å². The normalized spacial score (nSPS) is 16.4. The molecular weight excluding hydrogens is 392 g/mol. The predicted molar refractivity (Wildman–Crippen MR) is 116 cm³/mol. The molecule has 1 aliphatic rings. The number of nitrogens with zero attached hydrogens (tertiary/aromatic N) is 3. The lowest BCUT2D eigenvalue weighted by atomic mass is 10.2. The predicted octanol–water partition coefficient (Wildman–Crippen LogP) is 2.38. The third-order valence-electron chi connectivity index (χ3n) is 4.85. The molecule has 0 aromatic heterocycles. The van der Waals surface area contributed by atoms with Crippen molar-refractivity contribution in [2.45, 2.75) is 33.4 Å². The molecule has 1 aromatic carbocycles. The van der Waals surface area contributed by atoms with Crippen LogP contribution in [-0.4, -0.2) is 81.8 Å². The summed E-state index contributed by atoms with van der Waals surface area (Å²) in [5.41, 5.74) is 0.550. The summed E-state index contributed by atoms with van der Waals surface area (Å²) in [6.45, 7) is 8.20. The summed E-state index contributed by atoms with van der Waals surface area (Å²) in [7, 11) is 2.16. The fraction of sp³-hybridized carbons (Fsp3) is 0.667. The Morgan fingerprint density at radius 1 is 1.17 bits per heavy atom. The van der Waals surface area contributed by atoms with Gasteiger partial charge in [-0.05, 0) is 46.5 Å². The van der Waals surface area contributed by atoms with Gasteiger partial charge in [-0.1, -0.05) is 12.1 Å². The molecule has 0 amide bonds. The molecule has 0 aliphatic carbocycles. The summed E-state index contributed by atoms with van der Waals surface area (Å²) < 4.78 is 35.9. The highest BCUT2D eigenvalue weighted by Gasteiger charge is 2.16. The van der Waals surface area contributed by atoms with Gasteiger partial charge >= 0.3 is 6.61 Å². The fourth-order valence-corrected chi connectivity index (χ4v) is 3.34. The van der Waals surface area contributed by atoms with Gasteiger partial charge in [0.05, 0.1) is 13.2 Å². The maximum Gasteiger partial charge on any atom is 0.387 e. The summed E-state index contributed by atoms with van der Waals surface area (Å²) in [4.78, 5) is 9.35. The zero-order valence-electron chi connectivity index (χ0n) is 18.3. The smallest absolute Gasteiger partial charge is 0.387 e. The lowest BCUT2D eigenvalue weighted by Crippen LogP contribution is -2.42. The van der Waals surface area contributed by atoms with Crippen molar-refractivity contribution in [1.29, 1.82) is 0 Å². The largest absolute Gasteiger partial charge is 0.490 e. The fourth-order valence-electron chi connectivity index (χ4n) is 3.34. The first-order valence-electron chi connectivity index (χ1n) is 10.7. The molecule has 1 saturated heterocycles. The van der Waals surface area contributed by atoms with E-state index >= 15 is 0 Å². The van der Waals surface area contributed by atoms with Gasteiger partial charge in [0.25, 0.3) is 0 Å². The maximum atomic E-state index is 12.9. The standard InChI is InChI=1S/C21H35F2N5O2/c1-4-24-21(25-10-13-28-12-7-11-27(3)14-15-28)26-16-17-8-6-9-18(29-5-2)19(17)30-20(22)23/h6,8-9,20H,4-5,7,10-16H2,1-3H3,(H2,24,25,26). The molecule has 0 radical (unpaired) electrons. The van der Waals surface area contributed by atoms with E-state index in [1.807, 2.05) is 6.92 Å². The van der Waals surface area contributed by atoms with Crippen LogP contribution in [0.2, 0.25) is 0 Å². The van der Waals surface area contributed by atoms with Gasteiger partial charge in [0.1, 0.15) is 0 Å². The van der Waals surface area contributed by atoms with Gasteiger partial charge in [0.15, 0.2) is 17.5 Å². The number of benzene rings is 1. The molecule has 170 valence electrons. The third kappa shape index (κ3) is 8.31.